The van der Waals surface area contributed by atoms with Gasteiger partial charge in [0, 0.05) is 41.5 Å². The quantitative estimate of drug-likeness (QED) is 0.195. The van der Waals surface area contributed by atoms with Crippen LogP contribution in [-0.2, 0) is 5.41 Å². The first-order valence-corrected chi connectivity index (χ1v) is 17.3. The summed E-state index contributed by atoms with van der Waals surface area (Å²) in [7, 11) is 2.13. The number of amidine groups is 1. The van der Waals surface area contributed by atoms with Gasteiger partial charge in [-0.3, -0.25) is 5.32 Å². The highest BCUT2D eigenvalue weighted by Crippen LogP contribution is 2.56. The Hall–Kier alpha value is -5.85. The second kappa shape index (κ2) is 11.9. The second-order valence-electron chi connectivity index (χ2n) is 13.3. The number of nitrogens with one attached hydrogen (secondary N) is 2. The van der Waals surface area contributed by atoms with E-state index in [0.29, 0.717) is 6.54 Å². The minimum absolute atomic E-state index is 0.110. The summed E-state index contributed by atoms with van der Waals surface area (Å²) in [4.78, 5) is 7.78. The van der Waals surface area contributed by atoms with Crippen LogP contribution in [0.1, 0.15) is 57.2 Å². The fourth-order valence-electron chi connectivity index (χ4n) is 8.47. The Bertz CT molecular complexity index is 2240. The number of fused-ring (bicyclic) bond motifs is 4. The van der Waals surface area contributed by atoms with Crippen LogP contribution in [0.2, 0.25) is 0 Å². The standard InChI is InChI=1S/C44H39N5O/c1-29-30(2)49(43-46-41(31-16-8-4-9-17-31)48(3)42(47-43)32-18-10-5-11-19-32)39-35-24-26-45-28-37(35)44(33-20-12-6-13-21-33,34-22-14-7-15-23-34)36-25-27-50-40(36)38(29)39/h4-27,41,43,45-46H,28H2,1-3H3. The van der Waals surface area contributed by atoms with Gasteiger partial charge in [0.1, 0.15) is 17.8 Å². The summed E-state index contributed by atoms with van der Waals surface area (Å²) in [5, 5.41) is 7.58. The first-order valence-electron chi connectivity index (χ1n) is 17.3. The Kier molecular flexibility index (Phi) is 7.21. The molecule has 0 radical (unpaired) electrons. The van der Waals surface area contributed by atoms with Gasteiger partial charge in [0.05, 0.1) is 17.4 Å². The Morgan fingerprint density at radius 2 is 1.40 bits per heavy atom. The van der Waals surface area contributed by atoms with Crippen molar-refractivity contribution in [2.24, 2.45) is 4.99 Å². The summed E-state index contributed by atoms with van der Waals surface area (Å²) in [5.41, 5.74) is 12.2. The molecule has 0 spiro atoms. The lowest BCUT2D eigenvalue weighted by Crippen LogP contribution is -2.48. The number of nitrogens with zero attached hydrogens (tertiary/aromatic N) is 3. The molecule has 246 valence electrons. The second-order valence-corrected chi connectivity index (χ2v) is 13.3. The molecule has 3 aliphatic rings. The molecule has 0 bridgehead atoms. The van der Waals surface area contributed by atoms with E-state index in [1.807, 2.05) is 6.26 Å². The average molecular weight is 654 g/mol. The minimum Gasteiger partial charge on any atom is -0.464 e. The van der Waals surface area contributed by atoms with Gasteiger partial charge in [0.2, 0.25) is 0 Å². The number of allylic oxidation sites excluding steroid dienone is 2. The van der Waals surface area contributed by atoms with Crippen molar-refractivity contribution < 1.29 is 4.42 Å². The van der Waals surface area contributed by atoms with E-state index in [0.717, 1.165) is 39.7 Å². The number of aliphatic imine (C=N–C) groups is 1. The van der Waals surface area contributed by atoms with Crippen molar-refractivity contribution in [3.63, 3.8) is 0 Å². The maximum Gasteiger partial charge on any atom is 0.184 e. The van der Waals surface area contributed by atoms with Gasteiger partial charge < -0.3 is 19.2 Å². The zero-order valence-corrected chi connectivity index (χ0v) is 28.5. The van der Waals surface area contributed by atoms with Gasteiger partial charge >= 0.3 is 0 Å². The summed E-state index contributed by atoms with van der Waals surface area (Å²) < 4.78 is 9.07. The number of hydrogen-bond donors (Lipinski definition) is 2. The van der Waals surface area contributed by atoms with Crippen molar-refractivity contribution >= 4 is 11.4 Å². The van der Waals surface area contributed by atoms with Gasteiger partial charge in [0.25, 0.3) is 0 Å². The largest absolute Gasteiger partial charge is 0.464 e. The molecular weight excluding hydrogens is 615 g/mol. The molecule has 2 atom stereocenters. The third kappa shape index (κ3) is 4.41. The fourth-order valence-corrected chi connectivity index (χ4v) is 8.47. The number of aromatic nitrogens is 1. The summed E-state index contributed by atoms with van der Waals surface area (Å²) in [6, 6.07) is 45.2. The summed E-state index contributed by atoms with van der Waals surface area (Å²) in [6.45, 7) is 5.12. The number of benzene rings is 4. The van der Waals surface area contributed by atoms with Crippen molar-refractivity contribution in [3.05, 3.63) is 196 Å². The van der Waals surface area contributed by atoms with Gasteiger partial charge in [-0.05, 0) is 60.0 Å². The Morgan fingerprint density at radius 1 is 0.780 bits per heavy atom. The number of rotatable bonds is 5. The topological polar surface area (TPSA) is 57.7 Å². The molecule has 6 aromatic rings. The Morgan fingerprint density at radius 3 is 2.06 bits per heavy atom. The van der Waals surface area contributed by atoms with Gasteiger partial charge in [-0.1, -0.05) is 121 Å². The lowest BCUT2D eigenvalue weighted by Gasteiger charge is -2.41. The van der Waals surface area contributed by atoms with Crippen molar-refractivity contribution in [2.75, 3.05) is 13.6 Å². The van der Waals surface area contributed by atoms with E-state index in [9.17, 15) is 0 Å². The van der Waals surface area contributed by atoms with E-state index in [1.165, 1.54) is 33.4 Å². The molecule has 9 rings (SSSR count). The average Bonchev–Trinajstić information content (AvgIpc) is 3.73. The van der Waals surface area contributed by atoms with E-state index in [1.54, 1.807) is 0 Å². The van der Waals surface area contributed by atoms with Gasteiger partial charge in [-0.2, -0.15) is 0 Å². The maximum atomic E-state index is 6.65. The number of dihydropyridines is 1. The molecule has 1 aliphatic carbocycles. The van der Waals surface area contributed by atoms with Crippen LogP contribution in [0, 0.1) is 13.8 Å². The van der Waals surface area contributed by atoms with Crippen LogP contribution in [0.5, 0.6) is 0 Å². The SMILES string of the molecule is Cc1c2c(n(C3N=C(c4ccccc4)N(C)C(c4ccccc4)N3)c1C)C1=C(CNC=C1)C(c1ccccc1)(c1ccccc1)c1ccoc1-2. The molecule has 6 heteroatoms. The van der Waals surface area contributed by atoms with Gasteiger partial charge in [0.15, 0.2) is 6.29 Å². The van der Waals surface area contributed by atoms with Crippen molar-refractivity contribution in [1.82, 2.24) is 20.1 Å². The highest BCUT2D eigenvalue weighted by atomic mass is 16.3. The monoisotopic (exact) mass is 653 g/mol. The number of furan rings is 1. The lowest BCUT2D eigenvalue weighted by atomic mass is 9.63. The van der Waals surface area contributed by atoms with E-state index in [4.69, 9.17) is 9.41 Å². The minimum atomic E-state index is -0.604. The van der Waals surface area contributed by atoms with E-state index >= 15 is 0 Å². The van der Waals surface area contributed by atoms with Crippen LogP contribution in [0.4, 0.5) is 0 Å². The predicted molar refractivity (Wildman–Crippen MR) is 201 cm³/mol. The molecule has 50 heavy (non-hydrogen) atoms. The van der Waals surface area contributed by atoms with E-state index < -0.39 is 11.7 Å². The van der Waals surface area contributed by atoms with Crippen LogP contribution in [0.3, 0.4) is 0 Å². The van der Waals surface area contributed by atoms with Gasteiger partial charge in [-0.15, -0.1) is 0 Å². The smallest absolute Gasteiger partial charge is 0.184 e. The lowest BCUT2D eigenvalue weighted by molar-refractivity contribution is 0.218. The first-order chi connectivity index (χ1) is 24.6. The van der Waals surface area contributed by atoms with E-state index in [-0.39, 0.29) is 6.17 Å². The normalized spacial score (nSPS) is 19.2. The summed E-state index contributed by atoms with van der Waals surface area (Å²) >= 11 is 0. The summed E-state index contributed by atoms with van der Waals surface area (Å²) in [6.07, 6.45) is 5.70. The Balaban J connectivity index is 1.36. The van der Waals surface area contributed by atoms with Crippen molar-refractivity contribution in [1.29, 1.82) is 0 Å². The van der Waals surface area contributed by atoms with Crippen LogP contribution >= 0.6 is 0 Å². The molecule has 0 fully saturated rings. The molecule has 2 N–H and O–H groups in total. The van der Waals surface area contributed by atoms with E-state index in [2.05, 4.69) is 181 Å². The van der Waals surface area contributed by atoms with Crippen molar-refractivity contribution in [2.45, 2.75) is 31.7 Å². The third-order valence-corrected chi connectivity index (χ3v) is 10.8. The Labute approximate surface area is 293 Å². The molecule has 0 amide bonds. The fraction of sp³-hybridized carbons (Fsp3) is 0.159. The predicted octanol–water partition coefficient (Wildman–Crippen LogP) is 8.72. The van der Waals surface area contributed by atoms with Crippen molar-refractivity contribution in [3.8, 4) is 11.3 Å². The van der Waals surface area contributed by atoms with Crippen LogP contribution in [0.25, 0.3) is 16.9 Å². The number of hydrogen-bond acceptors (Lipinski definition) is 5. The van der Waals surface area contributed by atoms with Crippen LogP contribution in [0.15, 0.2) is 161 Å². The first kappa shape index (κ1) is 30.2. The molecule has 2 unspecified atom stereocenters. The molecule has 2 aromatic heterocycles. The highest BCUT2D eigenvalue weighted by molar-refractivity contribution is 5.99. The third-order valence-electron chi connectivity index (χ3n) is 10.8. The van der Waals surface area contributed by atoms with Crippen LogP contribution < -0.4 is 10.6 Å². The molecule has 2 aliphatic heterocycles. The van der Waals surface area contributed by atoms with Gasteiger partial charge in [-0.25, -0.2) is 4.99 Å². The molecular formula is C44H39N5O. The molecule has 4 aromatic carbocycles. The maximum absolute atomic E-state index is 6.65. The van der Waals surface area contributed by atoms with Crippen LogP contribution in [-0.4, -0.2) is 28.9 Å². The molecule has 4 heterocycles. The zero-order valence-electron chi connectivity index (χ0n) is 28.5. The molecule has 0 saturated heterocycles. The zero-order chi connectivity index (χ0) is 33.8. The highest BCUT2D eigenvalue weighted by Gasteiger charge is 2.48. The summed E-state index contributed by atoms with van der Waals surface area (Å²) in [5.74, 6) is 1.84. The molecule has 6 nitrogen and oxygen atoms in total. The molecule has 0 saturated carbocycles.